The molecule has 0 aromatic carbocycles. The molecule has 3 rings (SSSR count). The second-order valence-corrected chi connectivity index (χ2v) is 7.85. The van der Waals surface area contributed by atoms with Crippen LogP contribution in [0.15, 0.2) is 32.5 Å². The molecule has 1 amide bonds. The molecule has 5 heteroatoms. The van der Waals surface area contributed by atoms with Gasteiger partial charge in [0.25, 0.3) is 5.91 Å². The summed E-state index contributed by atoms with van der Waals surface area (Å²) in [5.74, 6) is 3.26. The van der Waals surface area contributed by atoms with Gasteiger partial charge in [0.05, 0.1) is 15.2 Å². The van der Waals surface area contributed by atoms with Crippen LogP contribution in [0.4, 0.5) is 0 Å². The summed E-state index contributed by atoms with van der Waals surface area (Å²) >= 11 is 4.83. The highest BCUT2D eigenvalue weighted by Gasteiger charge is 2.36. The largest absolute Gasteiger partial charge is 0.464 e. The minimum atomic E-state index is 0.0263. The second kappa shape index (κ2) is 5.37. The van der Waals surface area contributed by atoms with E-state index in [1.165, 1.54) is 17.8 Å². The molecule has 2 unspecified atom stereocenters. The van der Waals surface area contributed by atoms with Crippen LogP contribution in [0.5, 0.6) is 0 Å². The second-order valence-electron chi connectivity index (χ2n) is 5.39. The van der Waals surface area contributed by atoms with E-state index in [1.807, 2.05) is 24.3 Å². The average molecular weight is 354 g/mol. The van der Waals surface area contributed by atoms with Crippen LogP contribution in [0.1, 0.15) is 40.5 Å². The van der Waals surface area contributed by atoms with E-state index in [-0.39, 0.29) is 5.91 Å². The molecule has 0 bridgehead atoms. The topological polar surface area (TPSA) is 33.5 Å². The summed E-state index contributed by atoms with van der Waals surface area (Å²) in [4.78, 5) is 14.7. The Bertz CT molecular complexity index is 633. The van der Waals surface area contributed by atoms with Gasteiger partial charge in [-0.2, -0.15) is 0 Å². The van der Waals surface area contributed by atoms with Crippen LogP contribution in [0.3, 0.4) is 0 Å². The Labute approximate surface area is 130 Å². The van der Waals surface area contributed by atoms with Crippen molar-refractivity contribution in [2.75, 3.05) is 7.05 Å². The van der Waals surface area contributed by atoms with Crippen LogP contribution >= 0.6 is 27.3 Å². The maximum Gasteiger partial charge on any atom is 0.264 e. The maximum atomic E-state index is 12.2. The van der Waals surface area contributed by atoms with E-state index < -0.39 is 0 Å². The molecular weight excluding hydrogens is 338 g/mol. The van der Waals surface area contributed by atoms with Crippen molar-refractivity contribution in [2.24, 2.45) is 5.92 Å². The first-order valence-corrected chi connectivity index (χ1v) is 8.25. The minimum absolute atomic E-state index is 0.0263. The van der Waals surface area contributed by atoms with Crippen molar-refractivity contribution in [3.63, 3.8) is 0 Å². The van der Waals surface area contributed by atoms with Crippen LogP contribution in [0.2, 0.25) is 0 Å². The van der Waals surface area contributed by atoms with Crippen molar-refractivity contribution < 1.29 is 9.21 Å². The lowest BCUT2D eigenvalue weighted by Gasteiger charge is -2.14. The molecule has 20 heavy (non-hydrogen) atoms. The van der Waals surface area contributed by atoms with E-state index in [2.05, 4.69) is 22.9 Å². The fourth-order valence-corrected chi connectivity index (χ4v) is 3.70. The maximum absolute atomic E-state index is 12.2. The lowest BCUT2D eigenvalue weighted by Crippen LogP contribution is -2.25. The zero-order valence-corrected chi connectivity index (χ0v) is 13.8. The highest BCUT2D eigenvalue weighted by molar-refractivity contribution is 9.11. The van der Waals surface area contributed by atoms with E-state index in [4.69, 9.17) is 4.42 Å². The predicted octanol–water partition coefficient (Wildman–Crippen LogP) is 4.50. The van der Waals surface area contributed by atoms with Gasteiger partial charge in [0.15, 0.2) is 0 Å². The van der Waals surface area contributed by atoms with Crippen LogP contribution in [0.25, 0.3) is 0 Å². The van der Waals surface area contributed by atoms with Gasteiger partial charge in [-0.05, 0) is 52.5 Å². The third-order valence-corrected chi connectivity index (χ3v) is 5.29. The summed E-state index contributed by atoms with van der Waals surface area (Å²) in [5, 5.41) is 0. The molecule has 2 aromatic rings. The van der Waals surface area contributed by atoms with Gasteiger partial charge >= 0.3 is 0 Å². The summed E-state index contributed by atoms with van der Waals surface area (Å²) in [6.07, 6.45) is 1.21. The van der Waals surface area contributed by atoms with E-state index in [0.717, 1.165) is 26.1 Å². The number of carbonyl (C=O) groups excluding carboxylic acids is 1. The Morgan fingerprint density at radius 1 is 1.45 bits per heavy atom. The summed E-state index contributed by atoms with van der Waals surface area (Å²) in [6, 6.07) is 7.76. The van der Waals surface area contributed by atoms with E-state index in [1.54, 1.807) is 11.9 Å². The molecule has 2 heterocycles. The molecule has 2 aromatic heterocycles. The Morgan fingerprint density at radius 2 is 2.20 bits per heavy atom. The van der Waals surface area contributed by atoms with Gasteiger partial charge < -0.3 is 9.32 Å². The molecule has 1 aliphatic rings. The molecule has 0 aliphatic heterocycles. The van der Waals surface area contributed by atoms with Gasteiger partial charge in [-0.1, -0.05) is 6.92 Å². The highest BCUT2D eigenvalue weighted by Crippen LogP contribution is 2.47. The first-order chi connectivity index (χ1) is 9.54. The summed E-state index contributed by atoms with van der Waals surface area (Å²) in [5.41, 5.74) is 0. The predicted molar refractivity (Wildman–Crippen MR) is 83.0 cm³/mol. The number of hydrogen-bond acceptors (Lipinski definition) is 3. The van der Waals surface area contributed by atoms with Crippen LogP contribution in [-0.2, 0) is 6.54 Å². The normalized spacial score (nSPS) is 20.9. The molecule has 1 fully saturated rings. The third-order valence-electron chi connectivity index (χ3n) is 3.68. The standard InChI is InChI=1S/C15H16BrNO2S/c1-9-7-11(9)12-4-3-10(19-12)8-17(2)15(18)13-5-6-14(16)20-13/h3-6,9,11H,7-8H2,1-2H3. The number of thiophene rings is 1. The third kappa shape index (κ3) is 2.83. The van der Waals surface area contributed by atoms with Crippen LogP contribution < -0.4 is 0 Å². The van der Waals surface area contributed by atoms with Crippen molar-refractivity contribution in [2.45, 2.75) is 25.8 Å². The highest BCUT2D eigenvalue weighted by atomic mass is 79.9. The van der Waals surface area contributed by atoms with Gasteiger partial charge in [-0.3, -0.25) is 4.79 Å². The number of rotatable bonds is 4. The van der Waals surface area contributed by atoms with Crippen molar-refractivity contribution >= 4 is 33.2 Å². The average Bonchev–Trinajstić information content (AvgIpc) is 2.80. The molecular formula is C15H16BrNO2S. The Kier molecular flexibility index (Phi) is 3.73. The van der Waals surface area contributed by atoms with Crippen molar-refractivity contribution in [3.05, 3.63) is 44.4 Å². The van der Waals surface area contributed by atoms with Crippen LogP contribution in [0, 0.1) is 5.92 Å². The Hall–Kier alpha value is -1.07. The number of halogens is 1. The molecule has 106 valence electrons. The summed E-state index contributed by atoms with van der Waals surface area (Å²) in [6.45, 7) is 2.74. The molecule has 3 nitrogen and oxygen atoms in total. The van der Waals surface area contributed by atoms with Gasteiger partial charge in [0, 0.05) is 13.0 Å². The number of amides is 1. The lowest BCUT2D eigenvalue weighted by molar-refractivity contribution is 0.0779. The van der Waals surface area contributed by atoms with Gasteiger partial charge in [0.2, 0.25) is 0 Å². The summed E-state index contributed by atoms with van der Waals surface area (Å²) < 4.78 is 6.81. The van der Waals surface area contributed by atoms with E-state index in [0.29, 0.717) is 12.5 Å². The van der Waals surface area contributed by atoms with Gasteiger partial charge in [-0.15, -0.1) is 11.3 Å². The zero-order chi connectivity index (χ0) is 14.3. The van der Waals surface area contributed by atoms with Crippen molar-refractivity contribution in [1.82, 2.24) is 4.90 Å². The van der Waals surface area contributed by atoms with Crippen molar-refractivity contribution in [1.29, 1.82) is 0 Å². The number of carbonyl (C=O) groups is 1. The quantitative estimate of drug-likeness (QED) is 0.810. The fourth-order valence-electron chi connectivity index (χ4n) is 2.32. The van der Waals surface area contributed by atoms with Gasteiger partial charge in [-0.25, -0.2) is 0 Å². The Balaban J connectivity index is 1.65. The van der Waals surface area contributed by atoms with E-state index >= 15 is 0 Å². The monoisotopic (exact) mass is 353 g/mol. The molecule has 1 aliphatic carbocycles. The Morgan fingerprint density at radius 3 is 2.80 bits per heavy atom. The van der Waals surface area contributed by atoms with Gasteiger partial charge in [0.1, 0.15) is 11.5 Å². The molecule has 0 saturated heterocycles. The SMILES string of the molecule is CC1CC1c1ccc(CN(C)C(=O)c2ccc(Br)s2)o1. The number of hydrogen-bond donors (Lipinski definition) is 0. The first-order valence-electron chi connectivity index (χ1n) is 6.64. The minimum Gasteiger partial charge on any atom is -0.464 e. The molecule has 1 saturated carbocycles. The van der Waals surface area contributed by atoms with Crippen LogP contribution in [-0.4, -0.2) is 17.9 Å². The van der Waals surface area contributed by atoms with E-state index in [9.17, 15) is 4.79 Å². The first kappa shape index (κ1) is 13.9. The molecule has 0 N–H and O–H groups in total. The lowest BCUT2D eigenvalue weighted by atomic mass is 10.3. The molecule has 0 spiro atoms. The van der Waals surface area contributed by atoms with Crippen molar-refractivity contribution in [3.8, 4) is 0 Å². The molecule has 0 radical (unpaired) electrons. The fraction of sp³-hybridized carbons (Fsp3) is 0.400. The zero-order valence-electron chi connectivity index (χ0n) is 11.4. The summed E-state index contributed by atoms with van der Waals surface area (Å²) in [7, 11) is 1.80. The number of furan rings is 1. The number of nitrogens with zero attached hydrogens (tertiary/aromatic N) is 1. The smallest absolute Gasteiger partial charge is 0.264 e. The molecule has 2 atom stereocenters.